The monoisotopic (exact) mass is 324 g/mol. The molecule has 0 aliphatic heterocycles. The quantitative estimate of drug-likeness (QED) is 0.826. The van der Waals surface area contributed by atoms with Gasteiger partial charge >= 0.3 is 0 Å². The molecule has 0 aliphatic carbocycles. The Kier molecular flexibility index (Phi) is 5.65. The van der Waals surface area contributed by atoms with Crippen LogP contribution in [0.25, 0.3) is 0 Å². The van der Waals surface area contributed by atoms with Gasteiger partial charge in [0, 0.05) is 23.1 Å². The molecule has 104 valence electrons. The third-order valence-corrected chi connectivity index (χ3v) is 3.53. The average molecular weight is 325 g/mol. The van der Waals surface area contributed by atoms with Gasteiger partial charge in [-0.15, -0.1) is 0 Å². The summed E-state index contributed by atoms with van der Waals surface area (Å²) in [4.78, 5) is 0. The van der Waals surface area contributed by atoms with E-state index >= 15 is 0 Å². The van der Waals surface area contributed by atoms with Gasteiger partial charge in [0.2, 0.25) is 0 Å². The normalized spacial score (nSPS) is 10.1. The topological polar surface area (TPSA) is 24.1 Å². The van der Waals surface area contributed by atoms with Crippen molar-refractivity contribution in [2.45, 2.75) is 13.1 Å². The van der Waals surface area contributed by atoms with Crippen LogP contribution in [0.5, 0.6) is 0 Å². The van der Waals surface area contributed by atoms with E-state index in [1.807, 2.05) is 48.5 Å². The molecule has 0 aliphatic rings. The molecule has 0 radical (unpaired) electrons. The van der Waals surface area contributed by atoms with Crippen LogP contribution < -0.4 is 10.6 Å². The number of nitrogens with one attached hydrogen (secondary N) is 2. The molecule has 2 N–H and O–H groups in total. The predicted octanol–water partition coefficient (Wildman–Crippen LogP) is 4.16. The predicted molar refractivity (Wildman–Crippen MR) is 89.2 cm³/mol. The molecule has 0 bridgehead atoms. The number of hydrogen-bond acceptors (Lipinski definition) is 1. The second-order valence-electron chi connectivity index (χ2n) is 4.29. The minimum absolute atomic E-state index is 0.620. The van der Waals surface area contributed by atoms with E-state index in [1.54, 1.807) is 0 Å². The minimum Gasteiger partial charge on any atom is -0.359 e. The van der Waals surface area contributed by atoms with Crippen LogP contribution in [0.3, 0.4) is 0 Å². The first-order valence-electron chi connectivity index (χ1n) is 6.14. The van der Waals surface area contributed by atoms with Crippen molar-refractivity contribution in [3.8, 4) is 0 Å². The second kappa shape index (κ2) is 7.48. The summed E-state index contributed by atoms with van der Waals surface area (Å²) < 4.78 is 0. The Balaban J connectivity index is 1.75. The van der Waals surface area contributed by atoms with Gasteiger partial charge in [-0.2, -0.15) is 0 Å². The lowest BCUT2D eigenvalue weighted by molar-refractivity contribution is 0.833. The maximum absolute atomic E-state index is 5.84. The van der Waals surface area contributed by atoms with Gasteiger partial charge in [-0.05, 0) is 47.6 Å². The van der Waals surface area contributed by atoms with Gasteiger partial charge in [0.1, 0.15) is 0 Å². The van der Waals surface area contributed by atoms with E-state index in [-0.39, 0.29) is 0 Å². The van der Waals surface area contributed by atoms with Crippen LogP contribution in [0.4, 0.5) is 0 Å². The van der Waals surface area contributed by atoms with Crippen molar-refractivity contribution in [2.75, 3.05) is 0 Å². The largest absolute Gasteiger partial charge is 0.359 e. The van der Waals surface area contributed by atoms with Crippen LogP contribution in [0.1, 0.15) is 11.1 Å². The highest BCUT2D eigenvalue weighted by Gasteiger charge is 1.98. The first-order valence-corrected chi connectivity index (χ1v) is 7.30. The van der Waals surface area contributed by atoms with Crippen LogP contribution in [-0.4, -0.2) is 5.11 Å². The van der Waals surface area contributed by atoms with E-state index in [4.69, 9.17) is 35.4 Å². The Morgan fingerprint density at radius 2 is 1.10 bits per heavy atom. The van der Waals surface area contributed by atoms with Crippen LogP contribution >= 0.6 is 35.4 Å². The van der Waals surface area contributed by atoms with Crippen molar-refractivity contribution in [1.29, 1.82) is 0 Å². The standard InChI is InChI=1S/C15H14Cl2N2S/c16-13-5-1-11(2-6-13)9-18-15(20)19-10-12-3-7-14(17)8-4-12/h1-8H,9-10H2,(H2,18,19,20). The Morgan fingerprint density at radius 1 is 0.750 bits per heavy atom. The van der Waals surface area contributed by atoms with Gasteiger partial charge in [-0.1, -0.05) is 47.5 Å². The highest BCUT2D eigenvalue weighted by molar-refractivity contribution is 7.80. The molecule has 2 aromatic rings. The lowest BCUT2D eigenvalue weighted by Gasteiger charge is -2.10. The zero-order chi connectivity index (χ0) is 14.4. The van der Waals surface area contributed by atoms with Gasteiger partial charge in [0.05, 0.1) is 0 Å². The highest BCUT2D eigenvalue weighted by atomic mass is 35.5. The smallest absolute Gasteiger partial charge is 0.166 e. The van der Waals surface area contributed by atoms with Crippen molar-refractivity contribution in [3.63, 3.8) is 0 Å². The molecule has 0 amide bonds. The summed E-state index contributed by atoms with van der Waals surface area (Å²) in [5.74, 6) is 0. The Labute approximate surface area is 134 Å². The maximum atomic E-state index is 5.84. The summed E-state index contributed by atoms with van der Waals surface area (Å²) in [6.07, 6.45) is 0. The fourth-order valence-electron chi connectivity index (χ4n) is 1.63. The van der Waals surface area contributed by atoms with Gasteiger partial charge in [0.15, 0.2) is 5.11 Å². The van der Waals surface area contributed by atoms with Crippen LogP contribution in [0.15, 0.2) is 48.5 Å². The number of benzene rings is 2. The Bertz CT molecular complexity index is 516. The SMILES string of the molecule is S=C(NCc1ccc(Cl)cc1)NCc1ccc(Cl)cc1. The maximum Gasteiger partial charge on any atom is 0.166 e. The molecule has 0 saturated carbocycles. The van der Waals surface area contributed by atoms with Crippen molar-refractivity contribution < 1.29 is 0 Å². The highest BCUT2D eigenvalue weighted by Crippen LogP contribution is 2.10. The molecule has 2 aromatic carbocycles. The molecular weight excluding hydrogens is 311 g/mol. The van der Waals surface area contributed by atoms with Crippen LogP contribution in [-0.2, 0) is 13.1 Å². The van der Waals surface area contributed by atoms with E-state index in [2.05, 4.69) is 10.6 Å². The molecule has 0 spiro atoms. The lowest BCUT2D eigenvalue weighted by atomic mass is 10.2. The van der Waals surface area contributed by atoms with Gasteiger partial charge in [0.25, 0.3) is 0 Å². The molecule has 0 saturated heterocycles. The van der Waals surface area contributed by atoms with Gasteiger partial charge in [-0.25, -0.2) is 0 Å². The number of hydrogen-bond donors (Lipinski definition) is 2. The van der Waals surface area contributed by atoms with E-state index in [0.29, 0.717) is 18.2 Å². The van der Waals surface area contributed by atoms with Crippen molar-refractivity contribution in [1.82, 2.24) is 10.6 Å². The van der Waals surface area contributed by atoms with E-state index in [1.165, 1.54) is 0 Å². The van der Waals surface area contributed by atoms with Crippen molar-refractivity contribution in [3.05, 3.63) is 69.7 Å². The first-order chi connectivity index (χ1) is 9.63. The number of rotatable bonds is 4. The van der Waals surface area contributed by atoms with Crippen LogP contribution in [0.2, 0.25) is 10.0 Å². The zero-order valence-corrected chi connectivity index (χ0v) is 13.0. The van der Waals surface area contributed by atoms with E-state index in [9.17, 15) is 0 Å². The number of thiocarbonyl (C=S) groups is 1. The molecule has 0 heterocycles. The van der Waals surface area contributed by atoms with Gasteiger partial charge in [-0.3, -0.25) is 0 Å². The van der Waals surface area contributed by atoms with Crippen molar-refractivity contribution in [2.24, 2.45) is 0 Å². The molecule has 20 heavy (non-hydrogen) atoms. The molecule has 0 atom stereocenters. The zero-order valence-electron chi connectivity index (χ0n) is 10.7. The fraction of sp³-hybridized carbons (Fsp3) is 0.133. The number of halogens is 2. The fourth-order valence-corrected chi connectivity index (χ4v) is 2.03. The molecule has 0 unspecified atom stereocenters. The summed E-state index contributed by atoms with van der Waals surface area (Å²) >= 11 is 16.9. The molecule has 0 fully saturated rings. The molecular formula is C15H14Cl2N2S. The summed E-state index contributed by atoms with van der Waals surface area (Å²) in [7, 11) is 0. The minimum atomic E-state index is 0.620. The Morgan fingerprint density at radius 3 is 1.45 bits per heavy atom. The molecule has 2 rings (SSSR count). The molecule has 2 nitrogen and oxygen atoms in total. The summed E-state index contributed by atoms with van der Waals surface area (Å²) in [5, 5.41) is 8.39. The first kappa shape index (κ1) is 15.1. The van der Waals surface area contributed by atoms with Gasteiger partial charge < -0.3 is 10.6 Å². The third kappa shape index (κ3) is 5.00. The molecule has 0 aromatic heterocycles. The average Bonchev–Trinajstić information content (AvgIpc) is 2.46. The summed E-state index contributed by atoms with van der Waals surface area (Å²) in [5.41, 5.74) is 2.26. The second-order valence-corrected chi connectivity index (χ2v) is 5.57. The van der Waals surface area contributed by atoms with E-state index < -0.39 is 0 Å². The Hall–Kier alpha value is -1.29. The third-order valence-electron chi connectivity index (χ3n) is 2.73. The summed E-state index contributed by atoms with van der Waals surface area (Å²) in [6.45, 7) is 1.34. The summed E-state index contributed by atoms with van der Waals surface area (Å²) in [6, 6.07) is 15.3. The van der Waals surface area contributed by atoms with E-state index in [0.717, 1.165) is 21.2 Å². The van der Waals surface area contributed by atoms with Crippen molar-refractivity contribution >= 4 is 40.5 Å². The lowest BCUT2D eigenvalue weighted by Crippen LogP contribution is -2.34. The molecule has 5 heteroatoms. The van der Waals surface area contributed by atoms with Crippen LogP contribution in [0, 0.1) is 0 Å².